The molecule has 0 aromatic heterocycles. The van der Waals surface area contributed by atoms with Crippen molar-refractivity contribution in [1.82, 2.24) is 0 Å². The van der Waals surface area contributed by atoms with E-state index in [1.165, 1.54) is 0 Å². The quantitative estimate of drug-likeness (QED) is 0.458. The highest BCUT2D eigenvalue weighted by atomic mass is 16.6. The highest BCUT2D eigenvalue weighted by Crippen LogP contribution is 2.20. The van der Waals surface area contributed by atoms with Gasteiger partial charge >= 0.3 is 0 Å². The van der Waals surface area contributed by atoms with Crippen molar-refractivity contribution in [3.63, 3.8) is 0 Å². The lowest BCUT2D eigenvalue weighted by atomic mass is 10.2. The Morgan fingerprint density at radius 3 is 2.64 bits per heavy atom. The van der Waals surface area contributed by atoms with Crippen molar-refractivity contribution < 1.29 is 9.47 Å². The molecular weight excluding hydrogens is 140 g/mol. The molecule has 2 atom stereocenters. The minimum absolute atomic E-state index is 0.340. The van der Waals surface area contributed by atoms with Crippen LogP contribution in [0.25, 0.3) is 0 Å². The minimum atomic E-state index is 0.340. The van der Waals surface area contributed by atoms with E-state index in [2.05, 4.69) is 20.8 Å². The molecule has 2 unspecified atom stereocenters. The van der Waals surface area contributed by atoms with E-state index in [1.807, 2.05) is 6.08 Å². The summed E-state index contributed by atoms with van der Waals surface area (Å²) >= 11 is 0. The molecule has 0 radical (unpaired) electrons. The number of ether oxygens (including phenoxy) is 2. The molecule has 0 aliphatic carbocycles. The van der Waals surface area contributed by atoms with Crippen LogP contribution in [0.1, 0.15) is 20.8 Å². The average Bonchev–Trinajstić information content (AvgIpc) is 2.59. The standard InChI is InChI=1S/C9H16O2/c1-7(2)4-5-10-6-9-8(3)11-9/h4-5,7-9H,6H2,1-3H3. The first-order chi connectivity index (χ1) is 5.20. The van der Waals surface area contributed by atoms with Crippen molar-refractivity contribution in [2.24, 2.45) is 5.92 Å². The molecule has 2 heteroatoms. The lowest BCUT2D eigenvalue weighted by Crippen LogP contribution is -1.98. The maximum atomic E-state index is 5.23. The van der Waals surface area contributed by atoms with E-state index in [0.29, 0.717) is 24.7 Å². The van der Waals surface area contributed by atoms with Crippen LogP contribution in [0, 0.1) is 5.92 Å². The van der Waals surface area contributed by atoms with Crippen molar-refractivity contribution in [2.45, 2.75) is 33.0 Å². The van der Waals surface area contributed by atoms with Crippen LogP contribution < -0.4 is 0 Å². The van der Waals surface area contributed by atoms with Crippen molar-refractivity contribution in [1.29, 1.82) is 0 Å². The topological polar surface area (TPSA) is 21.8 Å². The molecule has 1 aliphatic heterocycles. The molecule has 0 aromatic carbocycles. The van der Waals surface area contributed by atoms with Crippen LogP contribution in [-0.4, -0.2) is 18.8 Å². The zero-order valence-electron chi connectivity index (χ0n) is 7.41. The van der Waals surface area contributed by atoms with Gasteiger partial charge in [0.25, 0.3) is 0 Å². The second-order valence-electron chi connectivity index (χ2n) is 3.29. The van der Waals surface area contributed by atoms with Gasteiger partial charge in [-0.3, -0.25) is 0 Å². The predicted molar refractivity (Wildman–Crippen MR) is 44.3 cm³/mol. The van der Waals surface area contributed by atoms with Gasteiger partial charge in [0, 0.05) is 0 Å². The summed E-state index contributed by atoms with van der Waals surface area (Å²) in [6.45, 7) is 7.00. The minimum Gasteiger partial charge on any atom is -0.499 e. The third-order valence-electron chi connectivity index (χ3n) is 1.66. The van der Waals surface area contributed by atoms with Crippen LogP contribution in [0.15, 0.2) is 12.3 Å². The summed E-state index contributed by atoms with van der Waals surface area (Å²) in [5.41, 5.74) is 0. The van der Waals surface area contributed by atoms with E-state index < -0.39 is 0 Å². The average molecular weight is 156 g/mol. The number of allylic oxidation sites excluding steroid dienone is 1. The molecule has 1 aliphatic rings. The number of epoxide rings is 1. The van der Waals surface area contributed by atoms with E-state index in [1.54, 1.807) is 6.26 Å². The summed E-state index contributed by atoms with van der Waals surface area (Å²) in [5, 5.41) is 0. The van der Waals surface area contributed by atoms with Crippen LogP contribution in [0.2, 0.25) is 0 Å². The van der Waals surface area contributed by atoms with Gasteiger partial charge in [0.2, 0.25) is 0 Å². The SMILES string of the molecule is CC(C)C=COCC1OC1C. The van der Waals surface area contributed by atoms with Crippen LogP contribution in [0.4, 0.5) is 0 Å². The van der Waals surface area contributed by atoms with Gasteiger partial charge in [-0.15, -0.1) is 0 Å². The van der Waals surface area contributed by atoms with Crippen LogP contribution in [0.5, 0.6) is 0 Å². The third-order valence-corrected chi connectivity index (χ3v) is 1.66. The summed E-state index contributed by atoms with van der Waals surface area (Å²) < 4.78 is 10.4. The summed E-state index contributed by atoms with van der Waals surface area (Å²) in [7, 11) is 0. The normalized spacial score (nSPS) is 29.8. The maximum Gasteiger partial charge on any atom is 0.118 e. The van der Waals surface area contributed by atoms with Gasteiger partial charge in [-0.25, -0.2) is 0 Å². The molecule has 2 nitrogen and oxygen atoms in total. The van der Waals surface area contributed by atoms with E-state index in [9.17, 15) is 0 Å². The molecule has 0 spiro atoms. The fourth-order valence-electron chi connectivity index (χ4n) is 0.768. The second kappa shape index (κ2) is 3.77. The fraction of sp³-hybridized carbons (Fsp3) is 0.778. The first-order valence-corrected chi connectivity index (χ1v) is 4.14. The number of rotatable bonds is 4. The van der Waals surface area contributed by atoms with E-state index >= 15 is 0 Å². The number of hydrogen-bond donors (Lipinski definition) is 0. The molecule has 0 saturated carbocycles. The van der Waals surface area contributed by atoms with Gasteiger partial charge in [-0.1, -0.05) is 13.8 Å². The molecule has 0 amide bonds. The van der Waals surface area contributed by atoms with E-state index in [4.69, 9.17) is 9.47 Å². The van der Waals surface area contributed by atoms with E-state index in [-0.39, 0.29) is 0 Å². The smallest absolute Gasteiger partial charge is 0.118 e. The zero-order valence-corrected chi connectivity index (χ0v) is 7.41. The molecule has 64 valence electrons. The fourth-order valence-corrected chi connectivity index (χ4v) is 0.768. The third kappa shape index (κ3) is 3.42. The Balaban J connectivity index is 1.96. The molecule has 1 fully saturated rings. The monoisotopic (exact) mass is 156 g/mol. The summed E-state index contributed by atoms with van der Waals surface area (Å²) in [6, 6.07) is 0. The molecule has 11 heavy (non-hydrogen) atoms. The molecule has 0 bridgehead atoms. The highest BCUT2D eigenvalue weighted by molar-refractivity contribution is 4.82. The van der Waals surface area contributed by atoms with Crippen molar-refractivity contribution >= 4 is 0 Å². The van der Waals surface area contributed by atoms with Gasteiger partial charge in [0.1, 0.15) is 12.7 Å². The van der Waals surface area contributed by atoms with Gasteiger partial charge < -0.3 is 9.47 Å². The maximum absolute atomic E-state index is 5.23. The van der Waals surface area contributed by atoms with Gasteiger partial charge in [0.05, 0.1) is 12.4 Å². The Morgan fingerprint density at radius 1 is 1.55 bits per heavy atom. The summed E-state index contributed by atoms with van der Waals surface area (Å²) in [5.74, 6) is 0.563. The lowest BCUT2D eigenvalue weighted by molar-refractivity contribution is 0.210. The molecule has 1 heterocycles. The van der Waals surface area contributed by atoms with Gasteiger partial charge in [0.15, 0.2) is 0 Å². The van der Waals surface area contributed by atoms with Crippen molar-refractivity contribution in [2.75, 3.05) is 6.61 Å². The first kappa shape index (κ1) is 8.60. The molecule has 1 saturated heterocycles. The second-order valence-corrected chi connectivity index (χ2v) is 3.29. The first-order valence-electron chi connectivity index (χ1n) is 4.14. The Bertz CT molecular complexity index is 140. The Labute approximate surface area is 68.2 Å². The highest BCUT2D eigenvalue weighted by Gasteiger charge is 2.34. The summed E-state index contributed by atoms with van der Waals surface area (Å²) in [4.78, 5) is 0. The predicted octanol–water partition coefficient (Wildman–Crippen LogP) is 1.96. The van der Waals surface area contributed by atoms with Gasteiger partial charge in [-0.2, -0.15) is 0 Å². The molecule has 0 aromatic rings. The molecular formula is C9H16O2. The van der Waals surface area contributed by atoms with Crippen molar-refractivity contribution in [3.8, 4) is 0 Å². The van der Waals surface area contributed by atoms with Crippen LogP contribution in [0.3, 0.4) is 0 Å². The largest absolute Gasteiger partial charge is 0.499 e. The number of hydrogen-bond acceptors (Lipinski definition) is 2. The van der Waals surface area contributed by atoms with Crippen molar-refractivity contribution in [3.05, 3.63) is 12.3 Å². The van der Waals surface area contributed by atoms with E-state index in [0.717, 1.165) is 0 Å². The molecule has 0 N–H and O–H groups in total. The molecule has 1 rings (SSSR count). The Morgan fingerprint density at radius 2 is 2.18 bits per heavy atom. The van der Waals surface area contributed by atoms with Crippen LogP contribution in [-0.2, 0) is 9.47 Å². The Hall–Kier alpha value is -0.500. The van der Waals surface area contributed by atoms with Crippen LogP contribution >= 0.6 is 0 Å². The Kier molecular flexibility index (Phi) is 2.94. The zero-order chi connectivity index (χ0) is 8.27. The van der Waals surface area contributed by atoms with Gasteiger partial charge in [-0.05, 0) is 18.9 Å². The summed E-state index contributed by atoms with van der Waals surface area (Å²) in [6.07, 6.45) is 4.54. The lowest BCUT2D eigenvalue weighted by Gasteiger charge is -1.96.